The Morgan fingerprint density at radius 2 is 1.74 bits per heavy atom. The molecule has 176 valence electrons. The number of likely N-dealkylation sites (tertiary alicyclic amines) is 1. The van der Waals surface area contributed by atoms with E-state index in [0.717, 1.165) is 49.5 Å². The molecule has 1 saturated heterocycles. The number of halogens is 1. The van der Waals surface area contributed by atoms with Gasteiger partial charge in [-0.25, -0.2) is 4.79 Å². The summed E-state index contributed by atoms with van der Waals surface area (Å²) in [4.78, 5) is 17.8. The molecule has 2 amide bonds. The number of rotatable bonds is 6. The minimum atomic E-state index is -0.124. The number of hydrogen-bond donors (Lipinski definition) is 1. The minimum absolute atomic E-state index is 0.124. The van der Waals surface area contributed by atoms with Crippen LogP contribution in [0, 0.1) is 0 Å². The second-order valence-electron chi connectivity index (χ2n) is 8.75. The molecule has 0 aromatic heterocycles. The molecule has 2 aliphatic heterocycles. The van der Waals surface area contributed by atoms with E-state index in [9.17, 15) is 4.79 Å². The molecule has 34 heavy (non-hydrogen) atoms. The van der Waals surface area contributed by atoms with Gasteiger partial charge < -0.3 is 19.7 Å². The van der Waals surface area contributed by atoms with Crippen LogP contribution in [0.1, 0.15) is 24.0 Å². The smallest absolute Gasteiger partial charge is 0.322 e. The fourth-order valence-corrected chi connectivity index (χ4v) is 4.79. The molecular weight excluding hydrogens is 450 g/mol. The summed E-state index contributed by atoms with van der Waals surface area (Å²) in [5.41, 5.74) is 3.02. The first-order valence-electron chi connectivity index (χ1n) is 11.6. The third kappa shape index (κ3) is 5.46. The number of fused-ring (bicyclic) bond motifs is 1. The standard InChI is InChI=1S/C27H28ClN3O3/c28-22-7-4-8-23(16-22)29-27(32)31(18-21-9-10-25-26(15-21)34-19-33-25)24-11-13-30(14-12-24)17-20-5-2-1-3-6-20/h1-10,15-16,24H,11-14,17-19H2,(H,29,32). The highest BCUT2D eigenvalue weighted by Crippen LogP contribution is 2.33. The lowest BCUT2D eigenvalue weighted by Gasteiger charge is -2.38. The van der Waals surface area contributed by atoms with Crippen LogP contribution in [0.15, 0.2) is 72.8 Å². The van der Waals surface area contributed by atoms with Gasteiger partial charge >= 0.3 is 6.03 Å². The molecule has 7 heteroatoms. The van der Waals surface area contributed by atoms with Crippen LogP contribution in [-0.2, 0) is 13.1 Å². The number of carbonyl (C=O) groups excluding carboxylic acids is 1. The number of urea groups is 1. The predicted octanol–water partition coefficient (Wildman–Crippen LogP) is 5.77. The summed E-state index contributed by atoms with van der Waals surface area (Å²) in [5.74, 6) is 1.47. The number of piperidine rings is 1. The van der Waals surface area contributed by atoms with Crippen molar-refractivity contribution in [3.05, 3.63) is 88.9 Å². The number of nitrogens with one attached hydrogen (secondary N) is 1. The monoisotopic (exact) mass is 477 g/mol. The van der Waals surface area contributed by atoms with Gasteiger partial charge in [0.2, 0.25) is 6.79 Å². The van der Waals surface area contributed by atoms with Gasteiger partial charge in [0, 0.05) is 42.9 Å². The topological polar surface area (TPSA) is 54.0 Å². The molecule has 0 atom stereocenters. The lowest BCUT2D eigenvalue weighted by molar-refractivity contribution is 0.119. The lowest BCUT2D eigenvalue weighted by Crippen LogP contribution is -2.48. The van der Waals surface area contributed by atoms with Crippen molar-refractivity contribution in [2.45, 2.75) is 32.0 Å². The summed E-state index contributed by atoms with van der Waals surface area (Å²) in [6.07, 6.45) is 1.83. The van der Waals surface area contributed by atoms with E-state index < -0.39 is 0 Å². The Kier molecular flexibility index (Phi) is 6.88. The molecule has 1 N–H and O–H groups in total. The highest BCUT2D eigenvalue weighted by Gasteiger charge is 2.29. The van der Waals surface area contributed by atoms with Crippen molar-refractivity contribution in [3.63, 3.8) is 0 Å². The number of ether oxygens (including phenoxy) is 2. The van der Waals surface area contributed by atoms with Crippen LogP contribution in [-0.4, -0.2) is 41.8 Å². The van der Waals surface area contributed by atoms with Crippen LogP contribution in [0.4, 0.5) is 10.5 Å². The van der Waals surface area contributed by atoms with Gasteiger partial charge in [-0.2, -0.15) is 0 Å². The van der Waals surface area contributed by atoms with Crippen LogP contribution >= 0.6 is 11.6 Å². The summed E-state index contributed by atoms with van der Waals surface area (Å²) in [6.45, 7) is 3.55. The first-order chi connectivity index (χ1) is 16.6. The summed E-state index contributed by atoms with van der Waals surface area (Å²) in [6, 6.07) is 23.7. The van der Waals surface area contributed by atoms with Crippen molar-refractivity contribution in [2.24, 2.45) is 0 Å². The van der Waals surface area contributed by atoms with E-state index in [1.165, 1.54) is 5.56 Å². The second-order valence-corrected chi connectivity index (χ2v) is 9.19. The molecular formula is C27H28ClN3O3. The molecule has 5 rings (SSSR count). The largest absolute Gasteiger partial charge is 0.454 e. The normalized spacial score (nSPS) is 15.8. The number of anilines is 1. The second kappa shape index (κ2) is 10.4. The fourth-order valence-electron chi connectivity index (χ4n) is 4.59. The van der Waals surface area contributed by atoms with Crippen LogP contribution in [0.3, 0.4) is 0 Å². The number of amides is 2. The Balaban J connectivity index is 1.29. The molecule has 2 aliphatic rings. The quantitative estimate of drug-likeness (QED) is 0.490. The average molecular weight is 478 g/mol. The molecule has 3 aromatic carbocycles. The number of nitrogens with zero attached hydrogens (tertiary/aromatic N) is 2. The molecule has 3 aromatic rings. The minimum Gasteiger partial charge on any atom is -0.454 e. The van der Waals surface area contributed by atoms with Crippen molar-refractivity contribution >= 4 is 23.3 Å². The van der Waals surface area contributed by atoms with E-state index in [1.807, 2.05) is 41.3 Å². The third-order valence-corrected chi connectivity index (χ3v) is 6.61. The van der Waals surface area contributed by atoms with Crippen LogP contribution < -0.4 is 14.8 Å². The molecule has 6 nitrogen and oxygen atoms in total. The maximum atomic E-state index is 13.4. The maximum Gasteiger partial charge on any atom is 0.322 e. The zero-order valence-corrected chi connectivity index (χ0v) is 19.7. The van der Waals surface area contributed by atoms with E-state index in [1.54, 1.807) is 12.1 Å². The van der Waals surface area contributed by atoms with Crippen molar-refractivity contribution < 1.29 is 14.3 Å². The SMILES string of the molecule is O=C(Nc1cccc(Cl)c1)N(Cc1ccc2c(c1)OCO2)C1CCN(Cc2ccccc2)CC1. The van der Waals surface area contributed by atoms with Crippen LogP contribution in [0.2, 0.25) is 5.02 Å². The van der Waals surface area contributed by atoms with Gasteiger partial charge in [0.1, 0.15) is 0 Å². The Morgan fingerprint density at radius 3 is 2.53 bits per heavy atom. The van der Waals surface area contributed by atoms with Crippen molar-refractivity contribution in [1.29, 1.82) is 0 Å². The van der Waals surface area contributed by atoms with Crippen molar-refractivity contribution in [1.82, 2.24) is 9.80 Å². The Labute approximate surface area is 205 Å². The molecule has 2 heterocycles. The van der Waals surface area contributed by atoms with E-state index >= 15 is 0 Å². The summed E-state index contributed by atoms with van der Waals surface area (Å²) < 4.78 is 11.0. The van der Waals surface area contributed by atoms with E-state index in [0.29, 0.717) is 17.3 Å². The predicted molar refractivity (Wildman–Crippen MR) is 133 cm³/mol. The zero-order valence-electron chi connectivity index (χ0n) is 19.0. The molecule has 0 bridgehead atoms. The highest BCUT2D eigenvalue weighted by atomic mass is 35.5. The maximum absolute atomic E-state index is 13.4. The van der Waals surface area contributed by atoms with Gasteiger partial charge in [-0.3, -0.25) is 4.90 Å². The number of carbonyl (C=O) groups is 1. The Morgan fingerprint density at radius 1 is 0.941 bits per heavy atom. The van der Waals surface area contributed by atoms with E-state index in [2.05, 4.69) is 34.5 Å². The van der Waals surface area contributed by atoms with Gasteiger partial charge in [0.25, 0.3) is 0 Å². The molecule has 0 saturated carbocycles. The van der Waals surface area contributed by atoms with Crippen LogP contribution in [0.5, 0.6) is 11.5 Å². The van der Waals surface area contributed by atoms with Gasteiger partial charge in [-0.15, -0.1) is 0 Å². The van der Waals surface area contributed by atoms with Crippen LogP contribution in [0.25, 0.3) is 0 Å². The average Bonchev–Trinajstić information content (AvgIpc) is 3.32. The van der Waals surface area contributed by atoms with Gasteiger partial charge in [0.15, 0.2) is 11.5 Å². The first-order valence-corrected chi connectivity index (χ1v) is 12.0. The van der Waals surface area contributed by atoms with Crippen molar-refractivity contribution in [2.75, 3.05) is 25.2 Å². The van der Waals surface area contributed by atoms with E-state index in [4.69, 9.17) is 21.1 Å². The number of hydrogen-bond acceptors (Lipinski definition) is 4. The fraction of sp³-hybridized carbons (Fsp3) is 0.296. The summed E-state index contributed by atoms with van der Waals surface area (Å²) in [7, 11) is 0. The van der Waals surface area contributed by atoms with Gasteiger partial charge in [-0.05, 0) is 54.3 Å². The van der Waals surface area contributed by atoms with Gasteiger partial charge in [-0.1, -0.05) is 54.1 Å². The zero-order chi connectivity index (χ0) is 23.3. The van der Waals surface area contributed by atoms with E-state index in [-0.39, 0.29) is 18.9 Å². The highest BCUT2D eigenvalue weighted by molar-refractivity contribution is 6.30. The Hall–Kier alpha value is -3.22. The lowest BCUT2D eigenvalue weighted by atomic mass is 10.0. The number of benzene rings is 3. The summed E-state index contributed by atoms with van der Waals surface area (Å²) in [5, 5.41) is 3.63. The van der Waals surface area contributed by atoms with Crippen molar-refractivity contribution in [3.8, 4) is 11.5 Å². The molecule has 0 spiro atoms. The molecule has 0 radical (unpaired) electrons. The summed E-state index contributed by atoms with van der Waals surface area (Å²) >= 11 is 6.13. The molecule has 0 unspecified atom stereocenters. The first kappa shape index (κ1) is 22.6. The third-order valence-electron chi connectivity index (χ3n) is 6.37. The Bertz CT molecular complexity index is 1130. The van der Waals surface area contributed by atoms with Gasteiger partial charge in [0.05, 0.1) is 0 Å². The molecule has 0 aliphatic carbocycles. The molecule has 1 fully saturated rings.